The van der Waals surface area contributed by atoms with Crippen molar-refractivity contribution in [2.45, 2.75) is 26.3 Å². The van der Waals surface area contributed by atoms with Crippen molar-refractivity contribution in [2.75, 3.05) is 33.3 Å². The van der Waals surface area contributed by atoms with Gasteiger partial charge in [0.25, 0.3) is 11.7 Å². The molecule has 1 heterocycles. The van der Waals surface area contributed by atoms with Gasteiger partial charge in [-0.15, -0.1) is 0 Å². The van der Waals surface area contributed by atoms with E-state index in [1.807, 2.05) is 0 Å². The standard InChI is InChI=1S/C25H29FN2O5/c1-4-27(5-2)13-6-14-28-22(16-7-9-17(26)10-8-16)21(24(31)25(28)32)23(30)19-12-11-18(33-3)15-20(19)29/h7-12,15,22,29-30H,4-6,13-14H2,1-3H3. The summed E-state index contributed by atoms with van der Waals surface area (Å²) in [5, 5.41) is 21.4. The summed E-state index contributed by atoms with van der Waals surface area (Å²) in [7, 11) is 1.44. The maximum absolute atomic E-state index is 13.6. The lowest BCUT2D eigenvalue weighted by Gasteiger charge is -2.26. The van der Waals surface area contributed by atoms with Gasteiger partial charge < -0.3 is 24.7 Å². The monoisotopic (exact) mass is 456 g/mol. The molecule has 7 nitrogen and oxygen atoms in total. The lowest BCUT2D eigenvalue weighted by Crippen LogP contribution is -2.33. The number of hydrogen-bond acceptors (Lipinski definition) is 6. The first kappa shape index (κ1) is 24.3. The number of carbonyl (C=O) groups is 2. The number of hydrogen-bond donors (Lipinski definition) is 2. The third-order valence-corrected chi connectivity index (χ3v) is 5.95. The lowest BCUT2D eigenvalue weighted by molar-refractivity contribution is -0.140. The molecule has 0 bridgehead atoms. The molecule has 2 aromatic rings. The average Bonchev–Trinajstić information content (AvgIpc) is 3.06. The molecule has 2 N–H and O–H groups in total. The first-order valence-electron chi connectivity index (χ1n) is 11.0. The van der Waals surface area contributed by atoms with Gasteiger partial charge in [0.1, 0.15) is 23.1 Å². The van der Waals surface area contributed by atoms with Gasteiger partial charge in [-0.05, 0) is 55.9 Å². The Balaban J connectivity index is 2.05. The molecule has 8 heteroatoms. The number of halogens is 1. The third kappa shape index (κ3) is 5.01. The van der Waals surface area contributed by atoms with Gasteiger partial charge in [-0.1, -0.05) is 26.0 Å². The fraction of sp³-hybridized carbons (Fsp3) is 0.360. The van der Waals surface area contributed by atoms with Crippen molar-refractivity contribution in [3.05, 3.63) is 65.0 Å². The Morgan fingerprint density at radius 1 is 1.12 bits per heavy atom. The summed E-state index contributed by atoms with van der Waals surface area (Å²) in [5.41, 5.74) is 0.354. The number of ether oxygens (including phenoxy) is 1. The number of nitrogens with zero attached hydrogens (tertiary/aromatic N) is 2. The Morgan fingerprint density at radius 3 is 2.36 bits per heavy atom. The van der Waals surface area contributed by atoms with E-state index in [2.05, 4.69) is 18.7 Å². The SMILES string of the molecule is CCN(CC)CCCN1C(=O)C(=O)C(=C(O)c2ccc(OC)cc2O)C1c1ccc(F)cc1. The Hall–Kier alpha value is -3.39. The van der Waals surface area contributed by atoms with Crippen LogP contribution in [0.15, 0.2) is 48.0 Å². The molecule has 0 spiro atoms. The Labute approximate surface area is 192 Å². The highest BCUT2D eigenvalue weighted by Gasteiger charge is 2.46. The van der Waals surface area contributed by atoms with Crippen molar-refractivity contribution >= 4 is 17.4 Å². The number of carbonyl (C=O) groups excluding carboxylic acids is 2. The molecule has 0 aromatic heterocycles. The zero-order valence-corrected chi connectivity index (χ0v) is 19.0. The van der Waals surface area contributed by atoms with E-state index in [0.717, 1.165) is 19.6 Å². The number of benzene rings is 2. The number of phenols is 1. The molecule has 1 amide bonds. The Kier molecular flexibility index (Phi) is 7.71. The van der Waals surface area contributed by atoms with E-state index in [9.17, 15) is 24.2 Å². The molecule has 33 heavy (non-hydrogen) atoms. The first-order valence-corrected chi connectivity index (χ1v) is 11.0. The van der Waals surface area contributed by atoms with Crippen LogP contribution in [0, 0.1) is 5.82 Å². The van der Waals surface area contributed by atoms with Gasteiger partial charge in [-0.25, -0.2) is 4.39 Å². The molecular formula is C25H29FN2O5. The van der Waals surface area contributed by atoms with Crippen LogP contribution in [-0.4, -0.2) is 65.0 Å². The predicted octanol–water partition coefficient (Wildman–Crippen LogP) is 3.69. The van der Waals surface area contributed by atoms with Crippen LogP contribution in [0.5, 0.6) is 11.5 Å². The summed E-state index contributed by atoms with van der Waals surface area (Å²) >= 11 is 0. The van der Waals surface area contributed by atoms with Crippen molar-refractivity contribution in [1.29, 1.82) is 0 Å². The molecule has 1 aliphatic heterocycles. The molecule has 1 atom stereocenters. The smallest absolute Gasteiger partial charge is 0.295 e. The van der Waals surface area contributed by atoms with Gasteiger partial charge in [-0.3, -0.25) is 9.59 Å². The molecule has 2 aromatic carbocycles. The van der Waals surface area contributed by atoms with Crippen LogP contribution in [0.25, 0.3) is 5.76 Å². The largest absolute Gasteiger partial charge is 0.507 e. The normalized spacial score (nSPS) is 17.7. The topological polar surface area (TPSA) is 90.3 Å². The molecule has 1 aliphatic rings. The van der Waals surface area contributed by atoms with Crippen molar-refractivity contribution in [1.82, 2.24) is 9.80 Å². The van der Waals surface area contributed by atoms with E-state index in [-0.39, 0.29) is 23.4 Å². The van der Waals surface area contributed by atoms with Crippen LogP contribution >= 0.6 is 0 Å². The summed E-state index contributed by atoms with van der Waals surface area (Å²) < 4.78 is 18.6. The van der Waals surface area contributed by atoms with Gasteiger partial charge in [0, 0.05) is 12.6 Å². The molecule has 1 saturated heterocycles. The van der Waals surface area contributed by atoms with Gasteiger partial charge in [0.2, 0.25) is 0 Å². The van der Waals surface area contributed by atoms with Crippen LogP contribution in [0.4, 0.5) is 4.39 Å². The maximum Gasteiger partial charge on any atom is 0.295 e. The van der Waals surface area contributed by atoms with Gasteiger partial charge in [0.15, 0.2) is 0 Å². The number of rotatable bonds is 9. The Morgan fingerprint density at radius 2 is 1.79 bits per heavy atom. The molecule has 176 valence electrons. The van der Waals surface area contributed by atoms with Crippen molar-refractivity contribution in [2.24, 2.45) is 0 Å². The van der Waals surface area contributed by atoms with E-state index < -0.39 is 29.3 Å². The summed E-state index contributed by atoms with van der Waals surface area (Å²) in [5.74, 6) is -2.45. The van der Waals surface area contributed by atoms with Crippen molar-refractivity contribution in [3.8, 4) is 11.5 Å². The Bertz CT molecular complexity index is 1050. The van der Waals surface area contributed by atoms with Crippen LogP contribution in [-0.2, 0) is 9.59 Å². The number of aliphatic hydroxyl groups is 1. The van der Waals surface area contributed by atoms with Gasteiger partial charge >= 0.3 is 0 Å². The number of ketones is 1. The highest BCUT2D eigenvalue weighted by Crippen LogP contribution is 2.41. The average molecular weight is 457 g/mol. The van der Waals surface area contributed by atoms with Crippen molar-refractivity contribution < 1.29 is 28.9 Å². The van der Waals surface area contributed by atoms with Crippen LogP contribution in [0.2, 0.25) is 0 Å². The second-order valence-electron chi connectivity index (χ2n) is 7.81. The minimum absolute atomic E-state index is 0.00375. The molecule has 1 unspecified atom stereocenters. The number of aliphatic hydroxyl groups excluding tert-OH is 1. The van der Waals surface area contributed by atoms with E-state index in [1.54, 1.807) is 0 Å². The fourth-order valence-corrected chi connectivity index (χ4v) is 4.09. The number of phenolic OH excluding ortho intramolecular Hbond substituents is 1. The predicted molar refractivity (Wildman–Crippen MR) is 122 cm³/mol. The molecule has 0 radical (unpaired) electrons. The van der Waals surface area contributed by atoms with E-state index in [4.69, 9.17) is 4.74 Å². The molecular weight excluding hydrogens is 427 g/mol. The van der Waals surface area contributed by atoms with Crippen molar-refractivity contribution in [3.63, 3.8) is 0 Å². The van der Waals surface area contributed by atoms with E-state index >= 15 is 0 Å². The fourth-order valence-electron chi connectivity index (χ4n) is 4.09. The summed E-state index contributed by atoms with van der Waals surface area (Å²) in [6, 6.07) is 8.83. The zero-order chi connectivity index (χ0) is 24.1. The highest BCUT2D eigenvalue weighted by atomic mass is 19.1. The first-order chi connectivity index (χ1) is 15.8. The summed E-state index contributed by atoms with van der Waals surface area (Å²) in [6.45, 7) is 6.87. The molecule has 0 aliphatic carbocycles. The second-order valence-corrected chi connectivity index (χ2v) is 7.81. The second kappa shape index (κ2) is 10.5. The number of methoxy groups -OCH3 is 1. The minimum Gasteiger partial charge on any atom is -0.507 e. The number of aromatic hydroxyl groups is 1. The summed E-state index contributed by atoms with van der Waals surface area (Å²) in [4.78, 5) is 29.6. The lowest BCUT2D eigenvalue weighted by atomic mass is 9.95. The highest BCUT2D eigenvalue weighted by molar-refractivity contribution is 6.46. The maximum atomic E-state index is 13.6. The molecule has 1 fully saturated rings. The molecule has 3 rings (SSSR count). The minimum atomic E-state index is -0.899. The molecule has 0 saturated carbocycles. The van der Waals surface area contributed by atoms with Crippen LogP contribution in [0.3, 0.4) is 0 Å². The van der Waals surface area contributed by atoms with E-state index in [1.165, 1.54) is 54.5 Å². The van der Waals surface area contributed by atoms with Gasteiger partial charge in [-0.2, -0.15) is 0 Å². The number of Topliss-reactive ketones (excluding diaryl/α,β-unsaturated/α-hetero) is 1. The zero-order valence-electron chi connectivity index (χ0n) is 19.0. The van der Waals surface area contributed by atoms with Crippen LogP contribution in [0.1, 0.15) is 37.4 Å². The third-order valence-electron chi connectivity index (χ3n) is 5.95. The quantitative estimate of drug-likeness (QED) is 0.340. The number of amides is 1. The van der Waals surface area contributed by atoms with E-state index in [0.29, 0.717) is 17.7 Å². The summed E-state index contributed by atoms with van der Waals surface area (Å²) in [6.07, 6.45) is 0.625. The van der Waals surface area contributed by atoms with Crippen LogP contribution < -0.4 is 4.74 Å². The van der Waals surface area contributed by atoms with Gasteiger partial charge in [0.05, 0.1) is 24.3 Å². The number of likely N-dealkylation sites (tertiary alicyclic amines) is 1.